The molecule has 20 heavy (non-hydrogen) atoms. The lowest BCUT2D eigenvalue weighted by atomic mass is 9.84. The molecule has 0 aliphatic heterocycles. The van der Waals surface area contributed by atoms with Crippen LogP contribution in [0.5, 0.6) is 0 Å². The summed E-state index contributed by atoms with van der Waals surface area (Å²) in [5.74, 6) is 0.275. The number of allylic oxidation sites excluding steroid dienone is 2. The quantitative estimate of drug-likeness (QED) is 0.802. The molecule has 114 valence electrons. The largest absolute Gasteiger partial charge is 0.345 e. The summed E-state index contributed by atoms with van der Waals surface area (Å²) in [5.41, 5.74) is 0.963. The molecule has 1 saturated carbocycles. The van der Waals surface area contributed by atoms with Gasteiger partial charge in [-0.15, -0.1) is 0 Å². The molecule has 1 aliphatic carbocycles. The van der Waals surface area contributed by atoms with Crippen LogP contribution in [0.15, 0.2) is 11.6 Å². The predicted molar refractivity (Wildman–Crippen MR) is 82.3 cm³/mol. The zero-order valence-electron chi connectivity index (χ0n) is 14.1. The average Bonchev–Trinajstić information content (AvgIpc) is 2.73. The summed E-state index contributed by atoms with van der Waals surface area (Å²) in [6.07, 6.45) is 2.17. The Hall–Kier alpha value is -1.12. The number of hydrogen-bond donors (Lipinski definition) is 1. The third kappa shape index (κ3) is 3.50. The molecule has 3 atom stereocenters. The standard InChI is InChI=1S/C17H29NO2/c1-10(2)9-12-13(17(12,7)8)15(20)18-14(11(3)19)16(4,5)6/h9,12-14H,1-8H3,(H,18,20)/t12-,13?,14-/m1/s1. The van der Waals surface area contributed by atoms with E-state index in [0.29, 0.717) is 0 Å². The van der Waals surface area contributed by atoms with Gasteiger partial charge in [0.2, 0.25) is 5.91 Å². The van der Waals surface area contributed by atoms with Gasteiger partial charge in [0, 0.05) is 0 Å². The first kappa shape index (κ1) is 16.9. The van der Waals surface area contributed by atoms with Crippen LogP contribution >= 0.6 is 0 Å². The lowest BCUT2D eigenvalue weighted by Gasteiger charge is -2.29. The average molecular weight is 279 g/mol. The van der Waals surface area contributed by atoms with Crippen LogP contribution in [-0.4, -0.2) is 17.7 Å². The van der Waals surface area contributed by atoms with Gasteiger partial charge in [-0.05, 0) is 37.5 Å². The van der Waals surface area contributed by atoms with Crippen molar-refractivity contribution in [3.05, 3.63) is 11.6 Å². The Kier molecular flexibility index (Phi) is 4.52. The Morgan fingerprint density at radius 1 is 1.15 bits per heavy atom. The van der Waals surface area contributed by atoms with E-state index in [1.165, 1.54) is 5.57 Å². The van der Waals surface area contributed by atoms with Crippen LogP contribution in [0.3, 0.4) is 0 Å². The van der Waals surface area contributed by atoms with Gasteiger partial charge in [-0.1, -0.05) is 46.3 Å². The molecule has 0 radical (unpaired) electrons. The molecule has 1 aliphatic rings. The number of ketones is 1. The van der Waals surface area contributed by atoms with Crippen LogP contribution in [0.4, 0.5) is 0 Å². The van der Waals surface area contributed by atoms with Crippen molar-refractivity contribution in [2.45, 2.75) is 61.4 Å². The van der Waals surface area contributed by atoms with Crippen LogP contribution in [0.25, 0.3) is 0 Å². The third-order valence-electron chi connectivity index (χ3n) is 4.27. The zero-order valence-corrected chi connectivity index (χ0v) is 14.1. The fraction of sp³-hybridized carbons (Fsp3) is 0.765. The van der Waals surface area contributed by atoms with E-state index in [4.69, 9.17) is 0 Å². The number of nitrogens with one attached hydrogen (secondary N) is 1. The Balaban J connectivity index is 2.83. The monoisotopic (exact) mass is 279 g/mol. The van der Waals surface area contributed by atoms with Crippen molar-refractivity contribution >= 4 is 11.7 Å². The third-order valence-corrected chi connectivity index (χ3v) is 4.27. The number of Topliss-reactive ketones (excluding diaryl/α,β-unsaturated/α-hetero) is 1. The molecule has 0 heterocycles. The van der Waals surface area contributed by atoms with E-state index < -0.39 is 6.04 Å². The topological polar surface area (TPSA) is 46.2 Å². The van der Waals surface area contributed by atoms with Crippen molar-refractivity contribution in [3.8, 4) is 0 Å². The highest BCUT2D eigenvalue weighted by Gasteiger charge is 2.60. The van der Waals surface area contributed by atoms with Crippen molar-refractivity contribution in [1.29, 1.82) is 0 Å². The molecule has 1 amide bonds. The van der Waals surface area contributed by atoms with Gasteiger partial charge in [0.1, 0.15) is 0 Å². The highest BCUT2D eigenvalue weighted by atomic mass is 16.2. The van der Waals surface area contributed by atoms with Gasteiger partial charge < -0.3 is 5.32 Å². The van der Waals surface area contributed by atoms with Crippen LogP contribution < -0.4 is 5.32 Å². The maximum atomic E-state index is 12.5. The van der Waals surface area contributed by atoms with E-state index in [9.17, 15) is 9.59 Å². The maximum Gasteiger partial charge on any atom is 0.224 e. The van der Waals surface area contributed by atoms with E-state index in [1.54, 1.807) is 6.92 Å². The normalized spacial score (nSPS) is 25.6. The summed E-state index contributed by atoms with van der Waals surface area (Å²) in [5, 5.41) is 2.96. The highest BCUT2D eigenvalue weighted by molar-refractivity contribution is 5.91. The summed E-state index contributed by atoms with van der Waals surface area (Å²) in [4.78, 5) is 24.2. The van der Waals surface area contributed by atoms with Crippen molar-refractivity contribution in [2.75, 3.05) is 0 Å². The van der Waals surface area contributed by atoms with Crippen LogP contribution in [0.2, 0.25) is 0 Å². The first-order valence-electron chi connectivity index (χ1n) is 7.35. The molecule has 3 nitrogen and oxygen atoms in total. The van der Waals surface area contributed by atoms with Crippen molar-refractivity contribution in [2.24, 2.45) is 22.7 Å². The minimum atomic E-state index is -0.418. The highest BCUT2D eigenvalue weighted by Crippen LogP contribution is 2.59. The fourth-order valence-corrected chi connectivity index (χ4v) is 3.01. The minimum absolute atomic E-state index is 0.00706. The van der Waals surface area contributed by atoms with Crippen LogP contribution in [0.1, 0.15) is 55.4 Å². The molecular weight excluding hydrogens is 250 g/mol. The van der Waals surface area contributed by atoms with E-state index >= 15 is 0 Å². The number of carbonyl (C=O) groups excluding carboxylic acids is 2. The lowest BCUT2D eigenvalue weighted by molar-refractivity contribution is -0.130. The van der Waals surface area contributed by atoms with Gasteiger partial charge in [0.25, 0.3) is 0 Å². The smallest absolute Gasteiger partial charge is 0.224 e. The van der Waals surface area contributed by atoms with Crippen molar-refractivity contribution in [1.82, 2.24) is 5.32 Å². The molecule has 1 fully saturated rings. The van der Waals surface area contributed by atoms with Gasteiger partial charge in [-0.2, -0.15) is 0 Å². The Bertz CT molecular complexity index is 436. The van der Waals surface area contributed by atoms with Gasteiger partial charge in [-0.25, -0.2) is 0 Å². The first-order valence-corrected chi connectivity index (χ1v) is 7.35. The number of hydrogen-bond acceptors (Lipinski definition) is 2. The summed E-state index contributed by atoms with van der Waals surface area (Å²) in [6, 6.07) is -0.418. The molecule has 0 saturated heterocycles. The van der Waals surface area contributed by atoms with Crippen LogP contribution in [-0.2, 0) is 9.59 Å². The number of carbonyl (C=O) groups is 2. The molecule has 0 aromatic heterocycles. The molecule has 1 rings (SSSR count). The second-order valence-corrected chi connectivity index (χ2v) is 7.99. The summed E-state index contributed by atoms with van der Waals surface area (Å²) < 4.78 is 0. The summed E-state index contributed by atoms with van der Waals surface area (Å²) in [6.45, 7) is 15.8. The Morgan fingerprint density at radius 3 is 2.00 bits per heavy atom. The molecule has 0 bridgehead atoms. The second-order valence-electron chi connectivity index (χ2n) is 7.99. The fourth-order valence-electron chi connectivity index (χ4n) is 3.01. The Morgan fingerprint density at radius 2 is 1.65 bits per heavy atom. The summed E-state index contributed by atoms with van der Waals surface area (Å²) in [7, 11) is 0. The second kappa shape index (κ2) is 5.34. The van der Waals surface area contributed by atoms with Gasteiger partial charge in [0.05, 0.1) is 12.0 Å². The SMILES string of the molecule is CC(=O)[C@@H](NC(=O)C1[C@@H](C=C(C)C)C1(C)C)C(C)(C)C. The molecular formula is C17H29NO2. The van der Waals surface area contributed by atoms with E-state index in [2.05, 4.69) is 39.1 Å². The molecule has 0 spiro atoms. The lowest BCUT2D eigenvalue weighted by Crippen LogP contribution is -2.49. The van der Waals surface area contributed by atoms with E-state index in [-0.39, 0.29) is 34.4 Å². The predicted octanol–water partition coefficient (Wildman–Crippen LogP) is 3.34. The first-order chi connectivity index (χ1) is 8.89. The summed E-state index contributed by atoms with van der Waals surface area (Å²) >= 11 is 0. The zero-order chi connectivity index (χ0) is 15.9. The van der Waals surface area contributed by atoms with Crippen LogP contribution in [0, 0.1) is 22.7 Å². The minimum Gasteiger partial charge on any atom is -0.345 e. The Labute approximate surface area is 123 Å². The molecule has 3 heteroatoms. The molecule has 1 unspecified atom stereocenters. The molecule has 0 aromatic rings. The van der Waals surface area contributed by atoms with Gasteiger partial charge in [0.15, 0.2) is 5.78 Å². The van der Waals surface area contributed by atoms with Gasteiger partial charge >= 0.3 is 0 Å². The number of amides is 1. The maximum absolute atomic E-state index is 12.5. The molecule has 1 N–H and O–H groups in total. The van der Waals surface area contributed by atoms with Gasteiger partial charge in [-0.3, -0.25) is 9.59 Å². The van der Waals surface area contributed by atoms with E-state index in [1.807, 2.05) is 20.8 Å². The van der Waals surface area contributed by atoms with E-state index in [0.717, 1.165) is 0 Å². The molecule has 0 aromatic carbocycles. The van der Waals surface area contributed by atoms with Crippen molar-refractivity contribution in [3.63, 3.8) is 0 Å². The van der Waals surface area contributed by atoms with Crippen molar-refractivity contribution < 1.29 is 9.59 Å². The number of rotatable bonds is 4.